The van der Waals surface area contributed by atoms with E-state index in [4.69, 9.17) is 4.74 Å². The van der Waals surface area contributed by atoms with E-state index >= 15 is 0 Å². The van der Waals surface area contributed by atoms with Gasteiger partial charge in [-0.2, -0.15) is 11.3 Å². The predicted molar refractivity (Wildman–Crippen MR) is 136 cm³/mol. The summed E-state index contributed by atoms with van der Waals surface area (Å²) in [5.41, 5.74) is 5.18. The Balaban J connectivity index is 1.55. The Bertz CT molecular complexity index is 1040. The fraction of sp³-hybridized carbons (Fsp3) is 0.333. The molecule has 0 bridgehead atoms. The summed E-state index contributed by atoms with van der Waals surface area (Å²) in [5, 5.41) is 10.00. The molecule has 3 rings (SSSR count). The van der Waals surface area contributed by atoms with Crippen LogP contribution in [0.1, 0.15) is 43.7 Å². The highest BCUT2D eigenvalue weighted by molar-refractivity contribution is 7.10. The Morgan fingerprint density at radius 3 is 2.74 bits per heavy atom. The van der Waals surface area contributed by atoms with E-state index in [1.165, 1.54) is 27.1 Å². The lowest BCUT2D eigenvalue weighted by Gasteiger charge is -2.14. The van der Waals surface area contributed by atoms with E-state index < -0.39 is 0 Å². The van der Waals surface area contributed by atoms with Gasteiger partial charge in [0, 0.05) is 23.4 Å². The number of rotatable bonds is 9. The molecule has 2 heterocycles. The van der Waals surface area contributed by atoms with Crippen LogP contribution in [0.5, 0.6) is 5.75 Å². The molecule has 0 atom stereocenters. The van der Waals surface area contributed by atoms with Gasteiger partial charge in [-0.05, 0) is 89.9 Å². The minimum Gasteiger partial charge on any atom is -0.488 e. The second-order valence-electron chi connectivity index (χ2n) is 8.40. The zero-order chi connectivity index (χ0) is 22.1. The first kappa shape index (κ1) is 23.3. The third-order valence-corrected chi connectivity index (χ3v) is 6.28. The molecule has 0 saturated heterocycles. The fourth-order valence-corrected chi connectivity index (χ4v) is 4.63. The van der Waals surface area contributed by atoms with E-state index in [1.807, 2.05) is 6.08 Å². The van der Waals surface area contributed by atoms with E-state index in [-0.39, 0.29) is 5.41 Å². The number of allylic oxidation sites excluding steroid dienone is 1. The van der Waals surface area contributed by atoms with Crippen LogP contribution in [0.4, 0.5) is 0 Å². The molecule has 0 unspecified atom stereocenters. The van der Waals surface area contributed by atoms with Crippen LogP contribution in [-0.2, 0) is 19.6 Å². The van der Waals surface area contributed by atoms with Crippen LogP contribution in [0, 0.1) is 17.3 Å². The number of ether oxygens (including phenoxy) is 1. The number of hydrogen-bond acceptors (Lipinski definition) is 4. The molecule has 1 aromatic carbocycles. The minimum absolute atomic E-state index is 0.0445. The first-order valence-electron chi connectivity index (χ1n) is 10.7. The van der Waals surface area contributed by atoms with Crippen LogP contribution in [0.3, 0.4) is 0 Å². The van der Waals surface area contributed by atoms with Gasteiger partial charge in [0.1, 0.15) is 12.4 Å². The highest BCUT2D eigenvalue weighted by Gasteiger charge is 2.09. The molecule has 162 valence electrons. The van der Waals surface area contributed by atoms with Crippen molar-refractivity contribution in [2.24, 2.45) is 5.41 Å². The molecule has 2 aromatic heterocycles. The number of hydrogen-bond donors (Lipinski definition) is 1. The third-order valence-electron chi connectivity index (χ3n) is 4.69. The zero-order valence-electron chi connectivity index (χ0n) is 18.8. The monoisotopic (exact) mass is 449 g/mol. The molecule has 0 aliphatic rings. The van der Waals surface area contributed by atoms with Crippen molar-refractivity contribution in [3.8, 4) is 28.7 Å². The highest BCUT2D eigenvalue weighted by Crippen LogP contribution is 2.29. The summed E-state index contributed by atoms with van der Waals surface area (Å²) >= 11 is 3.49. The minimum atomic E-state index is 0.0445. The quantitative estimate of drug-likeness (QED) is 0.273. The van der Waals surface area contributed by atoms with Crippen LogP contribution in [0.25, 0.3) is 11.1 Å². The van der Waals surface area contributed by atoms with Gasteiger partial charge in [0.15, 0.2) is 0 Å². The number of nitrogens with one attached hydrogen (secondary N) is 1. The summed E-state index contributed by atoms with van der Waals surface area (Å²) in [5.74, 6) is 7.31. The molecule has 0 saturated carbocycles. The van der Waals surface area contributed by atoms with Crippen molar-refractivity contribution in [1.82, 2.24) is 5.32 Å². The van der Waals surface area contributed by atoms with Crippen molar-refractivity contribution in [3.63, 3.8) is 0 Å². The Hall–Kier alpha value is -2.32. The average molecular weight is 450 g/mol. The van der Waals surface area contributed by atoms with Crippen molar-refractivity contribution in [3.05, 3.63) is 74.6 Å². The molecule has 2 nitrogen and oxygen atoms in total. The van der Waals surface area contributed by atoms with E-state index in [0.29, 0.717) is 6.61 Å². The molecule has 1 N–H and O–H groups in total. The van der Waals surface area contributed by atoms with Crippen molar-refractivity contribution in [1.29, 1.82) is 0 Å². The van der Waals surface area contributed by atoms with Gasteiger partial charge in [-0.1, -0.05) is 37.0 Å². The van der Waals surface area contributed by atoms with Gasteiger partial charge in [-0.25, -0.2) is 0 Å². The van der Waals surface area contributed by atoms with Crippen LogP contribution in [-0.4, -0.2) is 6.54 Å². The van der Waals surface area contributed by atoms with Crippen LogP contribution < -0.4 is 10.1 Å². The summed E-state index contributed by atoms with van der Waals surface area (Å²) in [7, 11) is 0. The maximum absolute atomic E-state index is 6.23. The predicted octanol–water partition coefficient (Wildman–Crippen LogP) is 7.31. The van der Waals surface area contributed by atoms with E-state index in [1.54, 1.807) is 22.7 Å². The van der Waals surface area contributed by atoms with E-state index in [0.717, 1.165) is 25.3 Å². The summed E-state index contributed by atoms with van der Waals surface area (Å²) in [6, 6.07) is 10.7. The lowest BCUT2D eigenvalue weighted by Crippen LogP contribution is -2.14. The smallest absolute Gasteiger partial charge is 0.123 e. The number of benzene rings is 1. The van der Waals surface area contributed by atoms with Crippen molar-refractivity contribution < 1.29 is 4.74 Å². The van der Waals surface area contributed by atoms with E-state index in [9.17, 15) is 0 Å². The molecule has 4 heteroatoms. The first-order valence-corrected chi connectivity index (χ1v) is 12.5. The molecule has 31 heavy (non-hydrogen) atoms. The topological polar surface area (TPSA) is 21.3 Å². The normalized spacial score (nSPS) is 11.5. The molecule has 0 radical (unpaired) electrons. The molecule has 3 aromatic rings. The average Bonchev–Trinajstić information content (AvgIpc) is 3.42. The van der Waals surface area contributed by atoms with Crippen LogP contribution in [0.15, 0.2) is 58.6 Å². The molecule has 0 amide bonds. The Morgan fingerprint density at radius 2 is 2.00 bits per heavy atom. The SMILES string of the molecule is CCc1c(CNCC=CC#CC(C)(C)C)cccc1OCc1cc(-c2ccsc2)cs1. The van der Waals surface area contributed by atoms with E-state index in [2.05, 4.69) is 97.4 Å². The maximum Gasteiger partial charge on any atom is 0.123 e. The van der Waals surface area contributed by atoms with Crippen molar-refractivity contribution >= 4 is 22.7 Å². The molecular formula is C27H31NOS2. The van der Waals surface area contributed by atoms with Gasteiger partial charge in [0.05, 0.1) is 0 Å². The fourth-order valence-electron chi connectivity index (χ4n) is 3.16. The highest BCUT2D eigenvalue weighted by atomic mass is 32.1. The zero-order valence-corrected chi connectivity index (χ0v) is 20.5. The lowest BCUT2D eigenvalue weighted by molar-refractivity contribution is 0.306. The van der Waals surface area contributed by atoms with Crippen LogP contribution in [0.2, 0.25) is 0 Å². The van der Waals surface area contributed by atoms with Gasteiger partial charge in [0.2, 0.25) is 0 Å². The maximum atomic E-state index is 6.23. The van der Waals surface area contributed by atoms with Gasteiger partial charge >= 0.3 is 0 Å². The Kier molecular flexibility index (Phi) is 8.54. The molecule has 0 fully saturated rings. The molecular weight excluding hydrogens is 418 g/mol. The largest absolute Gasteiger partial charge is 0.488 e. The second-order valence-corrected chi connectivity index (χ2v) is 10.2. The molecule has 0 spiro atoms. The number of thiophene rings is 2. The lowest BCUT2D eigenvalue weighted by atomic mass is 9.98. The summed E-state index contributed by atoms with van der Waals surface area (Å²) in [6.07, 6.45) is 4.96. The second kappa shape index (κ2) is 11.3. The molecule has 0 aliphatic carbocycles. The standard InChI is InChI=1S/C27H31NOS2/c1-5-25-21(17-28-14-8-6-7-13-27(2,3)4)10-9-11-26(25)29-18-24-16-23(20-31-24)22-12-15-30-19-22/h6,8-12,15-16,19-20,28H,5,14,17-18H2,1-4H3. The first-order chi connectivity index (χ1) is 15.0. The van der Waals surface area contributed by atoms with Gasteiger partial charge < -0.3 is 10.1 Å². The van der Waals surface area contributed by atoms with Gasteiger partial charge in [0.25, 0.3) is 0 Å². The third kappa shape index (κ3) is 7.40. The summed E-state index contributed by atoms with van der Waals surface area (Å²) < 4.78 is 6.23. The Morgan fingerprint density at radius 1 is 1.13 bits per heavy atom. The van der Waals surface area contributed by atoms with Crippen LogP contribution >= 0.6 is 22.7 Å². The summed E-state index contributed by atoms with van der Waals surface area (Å²) in [4.78, 5) is 1.24. The van der Waals surface area contributed by atoms with Crippen molar-refractivity contribution in [2.75, 3.05) is 6.54 Å². The molecule has 0 aliphatic heterocycles. The Labute approximate surface area is 195 Å². The van der Waals surface area contributed by atoms with Crippen molar-refractivity contribution in [2.45, 2.75) is 47.3 Å². The van der Waals surface area contributed by atoms with Gasteiger partial charge in [-0.15, -0.1) is 11.3 Å². The summed E-state index contributed by atoms with van der Waals surface area (Å²) in [6.45, 7) is 10.8. The van der Waals surface area contributed by atoms with Gasteiger partial charge in [-0.3, -0.25) is 0 Å².